The van der Waals surface area contributed by atoms with Crippen LogP contribution in [0.25, 0.3) is 5.69 Å². The third kappa shape index (κ3) is 3.36. The fraction of sp³-hybridized carbons (Fsp3) is 0.227. The molecule has 0 unspecified atom stereocenters. The molecule has 30 heavy (non-hydrogen) atoms. The average molecular weight is 407 g/mol. The van der Waals surface area contributed by atoms with Gasteiger partial charge in [0.1, 0.15) is 23.6 Å². The zero-order chi connectivity index (χ0) is 21.3. The number of amides is 1. The van der Waals surface area contributed by atoms with E-state index in [1.54, 1.807) is 43.3 Å². The van der Waals surface area contributed by atoms with E-state index in [0.717, 1.165) is 16.9 Å². The van der Waals surface area contributed by atoms with Gasteiger partial charge in [-0.2, -0.15) is 0 Å². The number of anilines is 1. The van der Waals surface area contributed by atoms with Gasteiger partial charge in [-0.25, -0.2) is 9.78 Å². The molecule has 0 radical (unpaired) electrons. The predicted octanol–water partition coefficient (Wildman–Crippen LogP) is 3.15. The SMILES string of the molecule is COC(=O)c1ccc([C@H]2CC(=O)Nc3c2ncn3-c2ccc(OC)cc2OC)cc1. The van der Waals surface area contributed by atoms with Crippen LogP contribution >= 0.6 is 0 Å². The Balaban J connectivity index is 1.75. The molecule has 4 rings (SSSR count). The molecule has 0 aliphatic carbocycles. The highest BCUT2D eigenvalue weighted by atomic mass is 16.5. The van der Waals surface area contributed by atoms with Gasteiger partial charge in [-0.15, -0.1) is 0 Å². The number of methoxy groups -OCH3 is 3. The van der Waals surface area contributed by atoms with E-state index >= 15 is 0 Å². The van der Waals surface area contributed by atoms with Gasteiger partial charge >= 0.3 is 5.97 Å². The lowest BCUT2D eigenvalue weighted by atomic mass is 9.89. The summed E-state index contributed by atoms with van der Waals surface area (Å²) in [6, 6.07) is 12.5. The van der Waals surface area contributed by atoms with E-state index in [0.29, 0.717) is 22.9 Å². The summed E-state index contributed by atoms with van der Waals surface area (Å²) in [6.07, 6.45) is 1.93. The predicted molar refractivity (Wildman–Crippen MR) is 110 cm³/mol. The summed E-state index contributed by atoms with van der Waals surface area (Å²) in [4.78, 5) is 28.8. The molecular weight excluding hydrogens is 386 g/mol. The summed E-state index contributed by atoms with van der Waals surface area (Å²) >= 11 is 0. The first-order chi connectivity index (χ1) is 14.5. The van der Waals surface area contributed by atoms with E-state index < -0.39 is 5.97 Å². The molecule has 1 aliphatic heterocycles. The van der Waals surface area contributed by atoms with Crippen molar-refractivity contribution in [3.05, 3.63) is 65.6 Å². The van der Waals surface area contributed by atoms with Crippen LogP contribution in [-0.4, -0.2) is 42.8 Å². The van der Waals surface area contributed by atoms with Gasteiger partial charge in [-0.1, -0.05) is 12.1 Å². The molecule has 0 spiro atoms. The quantitative estimate of drug-likeness (QED) is 0.654. The van der Waals surface area contributed by atoms with Gasteiger partial charge in [0.15, 0.2) is 0 Å². The second-order valence-electron chi connectivity index (χ2n) is 6.80. The molecule has 0 saturated heterocycles. The van der Waals surface area contributed by atoms with Crippen LogP contribution in [0.5, 0.6) is 11.5 Å². The van der Waals surface area contributed by atoms with Crippen molar-refractivity contribution in [3.63, 3.8) is 0 Å². The Morgan fingerprint density at radius 2 is 1.87 bits per heavy atom. The number of aromatic nitrogens is 2. The fourth-order valence-electron chi connectivity index (χ4n) is 3.62. The standard InChI is InChI=1S/C22H21N3O5/c1-28-15-8-9-17(18(10-15)29-2)25-12-23-20-16(11-19(26)24-21(20)25)13-4-6-14(7-5-13)22(27)30-3/h4-10,12,16H,11H2,1-3H3,(H,24,26)/t16-/m1/s1. The van der Waals surface area contributed by atoms with Gasteiger partial charge in [0.25, 0.3) is 0 Å². The van der Waals surface area contributed by atoms with Crippen molar-refractivity contribution in [2.45, 2.75) is 12.3 Å². The second-order valence-corrected chi connectivity index (χ2v) is 6.80. The topological polar surface area (TPSA) is 91.7 Å². The number of hydrogen-bond acceptors (Lipinski definition) is 6. The van der Waals surface area contributed by atoms with Crippen molar-refractivity contribution < 1.29 is 23.8 Å². The van der Waals surface area contributed by atoms with E-state index in [4.69, 9.17) is 14.2 Å². The zero-order valence-electron chi connectivity index (χ0n) is 16.8. The van der Waals surface area contributed by atoms with Gasteiger partial charge in [-0.05, 0) is 29.8 Å². The van der Waals surface area contributed by atoms with Crippen molar-refractivity contribution in [2.75, 3.05) is 26.6 Å². The number of nitrogens with zero attached hydrogens (tertiary/aromatic N) is 2. The Kier molecular flexibility index (Phi) is 5.14. The highest BCUT2D eigenvalue weighted by Gasteiger charge is 2.31. The highest BCUT2D eigenvalue weighted by molar-refractivity contribution is 5.94. The number of rotatable bonds is 5. The average Bonchev–Trinajstić information content (AvgIpc) is 3.21. The molecule has 3 aromatic rings. The lowest BCUT2D eigenvalue weighted by Gasteiger charge is -2.24. The maximum absolute atomic E-state index is 12.5. The number of carbonyl (C=O) groups is 2. The lowest BCUT2D eigenvalue weighted by Crippen LogP contribution is -2.25. The van der Waals surface area contributed by atoms with Crippen molar-refractivity contribution in [2.24, 2.45) is 0 Å². The Labute approximate surface area is 173 Å². The fourth-order valence-corrected chi connectivity index (χ4v) is 3.62. The van der Waals surface area contributed by atoms with Gasteiger partial charge in [0, 0.05) is 18.4 Å². The summed E-state index contributed by atoms with van der Waals surface area (Å²) in [6.45, 7) is 0. The van der Waals surface area contributed by atoms with Crippen LogP contribution in [0.15, 0.2) is 48.8 Å². The number of ether oxygens (including phenoxy) is 3. The molecular formula is C22H21N3O5. The summed E-state index contributed by atoms with van der Waals surface area (Å²) in [7, 11) is 4.50. The van der Waals surface area contributed by atoms with Gasteiger partial charge in [0.2, 0.25) is 5.91 Å². The van der Waals surface area contributed by atoms with E-state index in [1.807, 2.05) is 24.3 Å². The van der Waals surface area contributed by atoms with Crippen molar-refractivity contribution >= 4 is 17.7 Å². The number of benzene rings is 2. The normalized spacial score (nSPS) is 15.2. The smallest absolute Gasteiger partial charge is 0.337 e. The first kappa shape index (κ1) is 19.5. The van der Waals surface area contributed by atoms with E-state index in [9.17, 15) is 9.59 Å². The van der Waals surface area contributed by atoms with Crippen molar-refractivity contribution in [1.29, 1.82) is 0 Å². The van der Waals surface area contributed by atoms with E-state index in [2.05, 4.69) is 10.3 Å². The maximum Gasteiger partial charge on any atom is 0.337 e. The second kappa shape index (κ2) is 7.90. The molecule has 8 nitrogen and oxygen atoms in total. The summed E-state index contributed by atoms with van der Waals surface area (Å²) in [5.74, 6) is 1.10. The van der Waals surface area contributed by atoms with E-state index in [1.165, 1.54) is 7.11 Å². The minimum absolute atomic E-state index is 0.112. The van der Waals surface area contributed by atoms with Crippen LogP contribution in [0, 0.1) is 0 Å². The first-order valence-electron chi connectivity index (χ1n) is 9.33. The summed E-state index contributed by atoms with van der Waals surface area (Å²) in [5, 5.41) is 2.93. The Morgan fingerprint density at radius 3 is 2.53 bits per heavy atom. The molecule has 1 N–H and O–H groups in total. The minimum atomic E-state index is -0.403. The summed E-state index contributed by atoms with van der Waals surface area (Å²) < 4.78 is 17.3. The summed E-state index contributed by atoms with van der Waals surface area (Å²) in [5.41, 5.74) is 2.83. The van der Waals surface area contributed by atoms with Crippen LogP contribution in [0.3, 0.4) is 0 Å². The number of nitrogens with one attached hydrogen (secondary N) is 1. The van der Waals surface area contributed by atoms with Crippen LogP contribution in [0.2, 0.25) is 0 Å². The van der Waals surface area contributed by atoms with Crippen molar-refractivity contribution in [1.82, 2.24) is 9.55 Å². The monoisotopic (exact) mass is 407 g/mol. The molecule has 1 aromatic heterocycles. The van der Waals surface area contributed by atoms with Crippen LogP contribution in [-0.2, 0) is 9.53 Å². The molecule has 1 amide bonds. The number of carbonyl (C=O) groups excluding carboxylic acids is 2. The Bertz CT molecular complexity index is 1100. The Hall–Kier alpha value is -3.81. The molecule has 154 valence electrons. The third-order valence-electron chi connectivity index (χ3n) is 5.15. The van der Waals surface area contributed by atoms with E-state index in [-0.39, 0.29) is 18.2 Å². The molecule has 2 heterocycles. The van der Waals surface area contributed by atoms with Crippen molar-refractivity contribution in [3.8, 4) is 17.2 Å². The first-order valence-corrected chi connectivity index (χ1v) is 9.33. The van der Waals surface area contributed by atoms with Gasteiger partial charge in [0.05, 0.1) is 38.3 Å². The molecule has 0 fully saturated rings. The number of hydrogen-bond donors (Lipinski definition) is 1. The maximum atomic E-state index is 12.5. The Morgan fingerprint density at radius 1 is 1.10 bits per heavy atom. The zero-order valence-corrected chi connectivity index (χ0v) is 16.8. The number of esters is 1. The molecule has 8 heteroatoms. The van der Waals surface area contributed by atoms with Gasteiger partial charge < -0.3 is 19.5 Å². The lowest BCUT2D eigenvalue weighted by molar-refractivity contribution is -0.116. The molecule has 2 aromatic carbocycles. The highest BCUT2D eigenvalue weighted by Crippen LogP contribution is 2.39. The molecule has 1 atom stereocenters. The van der Waals surface area contributed by atoms with Crippen LogP contribution in [0.1, 0.15) is 34.0 Å². The molecule has 0 saturated carbocycles. The molecule has 1 aliphatic rings. The van der Waals surface area contributed by atoms with Crippen LogP contribution in [0.4, 0.5) is 5.82 Å². The van der Waals surface area contributed by atoms with Gasteiger partial charge in [-0.3, -0.25) is 9.36 Å². The van der Waals surface area contributed by atoms with Crippen LogP contribution < -0.4 is 14.8 Å². The molecule has 0 bridgehead atoms. The third-order valence-corrected chi connectivity index (χ3v) is 5.15. The number of fused-ring (bicyclic) bond motifs is 1. The minimum Gasteiger partial charge on any atom is -0.497 e. The largest absolute Gasteiger partial charge is 0.497 e. The number of imidazole rings is 1.